The van der Waals surface area contributed by atoms with Gasteiger partial charge in [0, 0.05) is 13.1 Å². The van der Waals surface area contributed by atoms with E-state index in [-0.39, 0.29) is 11.6 Å². The van der Waals surface area contributed by atoms with Crippen molar-refractivity contribution in [2.75, 3.05) is 6.54 Å². The zero-order valence-electron chi connectivity index (χ0n) is 12.4. The first-order valence-electron chi connectivity index (χ1n) is 7.76. The van der Waals surface area contributed by atoms with Crippen molar-refractivity contribution in [2.24, 2.45) is 5.92 Å². The van der Waals surface area contributed by atoms with E-state index >= 15 is 0 Å². The summed E-state index contributed by atoms with van der Waals surface area (Å²) >= 11 is 0. The lowest BCUT2D eigenvalue weighted by Crippen LogP contribution is -2.48. The lowest BCUT2D eigenvalue weighted by molar-refractivity contribution is -0.142. The van der Waals surface area contributed by atoms with Crippen LogP contribution in [0.3, 0.4) is 0 Å². The number of rotatable bonds is 5. The SMILES string of the molecule is O=C(O)C1CCCCN1S(=O)(=O)c1ccnn1CC1CCC1. The fraction of sp³-hybridized carbons (Fsp3) is 0.714. The van der Waals surface area contributed by atoms with E-state index < -0.39 is 22.0 Å². The van der Waals surface area contributed by atoms with Gasteiger partial charge in [0.1, 0.15) is 6.04 Å². The van der Waals surface area contributed by atoms with Gasteiger partial charge in [0.05, 0.1) is 6.20 Å². The van der Waals surface area contributed by atoms with Crippen LogP contribution in [0, 0.1) is 5.92 Å². The number of nitrogens with zero attached hydrogens (tertiary/aromatic N) is 3. The third kappa shape index (κ3) is 2.77. The van der Waals surface area contributed by atoms with Crippen molar-refractivity contribution in [3.8, 4) is 0 Å². The second-order valence-electron chi connectivity index (χ2n) is 6.11. The molecule has 0 aromatic carbocycles. The van der Waals surface area contributed by atoms with Crippen molar-refractivity contribution in [2.45, 2.75) is 56.1 Å². The third-order valence-corrected chi connectivity index (χ3v) is 6.58. The molecule has 122 valence electrons. The van der Waals surface area contributed by atoms with E-state index in [1.54, 1.807) is 0 Å². The standard InChI is InChI=1S/C14H21N3O4S/c18-14(19)12-6-1-2-9-17(12)22(20,21)13-7-8-15-16(13)10-11-4-3-5-11/h7-8,11-12H,1-6,9-10H2,(H,18,19). The van der Waals surface area contributed by atoms with Crippen molar-refractivity contribution in [1.82, 2.24) is 14.1 Å². The molecule has 0 radical (unpaired) electrons. The molecule has 0 spiro atoms. The number of hydrogen-bond donors (Lipinski definition) is 1. The smallest absolute Gasteiger partial charge is 0.322 e. The van der Waals surface area contributed by atoms with E-state index in [0.29, 0.717) is 25.3 Å². The first kappa shape index (κ1) is 15.5. The highest BCUT2D eigenvalue weighted by atomic mass is 32.2. The average molecular weight is 327 g/mol. The van der Waals surface area contributed by atoms with Gasteiger partial charge in [-0.3, -0.25) is 9.48 Å². The Balaban J connectivity index is 1.88. The molecule has 3 rings (SSSR count). The van der Waals surface area contributed by atoms with Gasteiger partial charge < -0.3 is 5.11 Å². The molecule has 1 aromatic heterocycles. The van der Waals surface area contributed by atoms with Gasteiger partial charge in [0.25, 0.3) is 10.0 Å². The molecule has 2 fully saturated rings. The second-order valence-corrected chi connectivity index (χ2v) is 7.95. The Labute approximate surface area is 130 Å². The molecule has 2 aliphatic rings. The Morgan fingerprint density at radius 3 is 2.68 bits per heavy atom. The summed E-state index contributed by atoms with van der Waals surface area (Å²) < 4.78 is 28.4. The summed E-state index contributed by atoms with van der Waals surface area (Å²) in [6.07, 6.45) is 6.66. The Morgan fingerprint density at radius 2 is 2.05 bits per heavy atom. The number of aromatic nitrogens is 2. The van der Waals surface area contributed by atoms with Gasteiger partial charge in [0.15, 0.2) is 5.03 Å². The minimum absolute atomic E-state index is 0.118. The topological polar surface area (TPSA) is 92.5 Å². The maximum Gasteiger partial charge on any atom is 0.322 e. The number of aliphatic carboxylic acids is 1. The summed E-state index contributed by atoms with van der Waals surface area (Å²) in [5, 5.41) is 13.6. The largest absolute Gasteiger partial charge is 0.480 e. The number of carbonyl (C=O) groups is 1. The summed E-state index contributed by atoms with van der Waals surface area (Å²) in [5.41, 5.74) is 0. The lowest BCUT2D eigenvalue weighted by atomic mass is 9.85. The Morgan fingerprint density at radius 1 is 1.27 bits per heavy atom. The molecule has 2 heterocycles. The summed E-state index contributed by atoms with van der Waals surface area (Å²) in [7, 11) is -3.82. The van der Waals surface area contributed by atoms with Crippen LogP contribution in [0.25, 0.3) is 0 Å². The van der Waals surface area contributed by atoms with E-state index in [1.165, 1.54) is 23.4 Å². The molecule has 0 bridgehead atoms. The highest BCUT2D eigenvalue weighted by molar-refractivity contribution is 7.89. The third-order valence-electron chi connectivity index (χ3n) is 4.65. The number of carboxylic acid groups (broad SMARTS) is 1. The van der Waals surface area contributed by atoms with Crippen LogP contribution in [0.5, 0.6) is 0 Å². The van der Waals surface area contributed by atoms with Crippen LogP contribution in [-0.2, 0) is 21.4 Å². The van der Waals surface area contributed by atoms with E-state index in [9.17, 15) is 18.3 Å². The molecule has 1 aliphatic carbocycles. The fourth-order valence-corrected chi connectivity index (χ4v) is 4.92. The van der Waals surface area contributed by atoms with Gasteiger partial charge >= 0.3 is 5.97 Å². The molecular formula is C14H21N3O4S. The van der Waals surface area contributed by atoms with E-state index in [0.717, 1.165) is 23.6 Å². The monoisotopic (exact) mass is 327 g/mol. The number of piperidine rings is 1. The van der Waals surface area contributed by atoms with Crippen LogP contribution in [-0.4, -0.2) is 46.2 Å². The Kier molecular flexibility index (Phi) is 4.22. The Hall–Kier alpha value is -1.41. The second kappa shape index (κ2) is 6.00. The summed E-state index contributed by atoms with van der Waals surface area (Å²) in [6, 6.07) is 0.507. The Bertz CT molecular complexity index is 651. The van der Waals surface area contributed by atoms with Crippen LogP contribution in [0.4, 0.5) is 0 Å². The van der Waals surface area contributed by atoms with Crippen LogP contribution < -0.4 is 0 Å². The van der Waals surface area contributed by atoms with Crippen molar-refractivity contribution in [3.63, 3.8) is 0 Å². The van der Waals surface area contributed by atoms with Crippen LogP contribution in [0.15, 0.2) is 17.3 Å². The van der Waals surface area contributed by atoms with Gasteiger partial charge in [-0.15, -0.1) is 0 Å². The molecule has 7 nitrogen and oxygen atoms in total. The van der Waals surface area contributed by atoms with Crippen molar-refractivity contribution < 1.29 is 18.3 Å². The molecule has 1 aliphatic heterocycles. The van der Waals surface area contributed by atoms with E-state index in [2.05, 4.69) is 5.10 Å². The first-order chi connectivity index (χ1) is 10.5. The van der Waals surface area contributed by atoms with Gasteiger partial charge in [-0.2, -0.15) is 9.40 Å². The van der Waals surface area contributed by atoms with Crippen molar-refractivity contribution in [1.29, 1.82) is 0 Å². The molecule has 22 heavy (non-hydrogen) atoms. The van der Waals surface area contributed by atoms with Crippen LogP contribution in [0.2, 0.25) is 0 Å². The molecule has 1 N–H and O–H groups in total. The van der Waals surface area contributed by atoms with Gasteiger partial charge in [-0.25, -0.2) is 8.42 Å². The molecule has 1 unspecified atom stereocenters. The molecule has 1 saturated carbocycles. The maximum absolute atomic E-state index is 12.9. The summed E-state index contributed by atoms with van der Waals surface area (Å²) in [4.78, 5) is 11.4. The molecule has 8 heteroatoms. The first-order valence-corrected chi connectivity index (χ1v) is 9.20. The predicted octanol–water partition coefficient (Wildman–Crippen LogP) is 1.31. The highest BCUT2D eigenvalue weighted by Gasteiger charge is 2.39. The minimum Gasteiger partial charge on any atom is -0.480 e. The minimum atomic E-state index is -3.82. The highest BCUT2D eigenvalue weighted by Crippen LogP contribution is 2.30. The van der Waals surface area contributed by atoms with Crippen LogP contribution in [0.1, 0.15) is 38.5 Å². The number of sulfonamides is 1. The van der Waals surface area contributed by atoms with Gasteiger partial charge in [0.2, 0.25) is 0 Å². The lowest BCUT2D eigenvalue weighted by Gasteiger charge is -2.32. The molecule has 1 saturated heterocycles. The molecular weight excluding hydrogens is 306 g/mol. The van der Waals surface area contributed by atoms with Gasteiger partial charge in [-0.1, -0.05) is 6.42 Å². The van der Waals surface area contributed by atoms with Crippen LogP contribution >= 0.6 is 0 Å². The van der Waals surface area contributed by atoms with Gasteiger partial charge in [-0.05, 0) is 44.1 Å². The zero-order chi connectivity index (χ0) is 15.7. The maximum atomic E-state index is 12.9. The summed E-state index contributed by atoms with van der Waals surface area (Å²) in [5.74, 6) is -0.598. The van der Waals surface area contributed by atoms with E-state index in [1.807, 2.05) is 0 Å². The average Bonchev–Trinajstić information content (AvgIpc) is 2.92. The predicted molar refractivity (Wildman–Crippen MR) is 78.7 cm³/mol. The normalized spacial score (nSPS) is 24.1. The zero-order valence-corrected chi connectivity index (χ0v) is 13.2. The summed E-state index contributed by atoms with van der Waals surface area (Å²) in [6.45, 7) is 0.848. The molecule has 1 aromatic rings. The fourth-order valence-electron chi connectivity index (χ4n) is 3.16. The number of hydrogen-bond acceptors (Lipinski definition) is 4. The van der Waals surface area contributed by atoms with Crippen molar-refractivity contribution >= 4 is 16.0 Å². The van der Waals surface area contributed by atoms with E-state index in [4.69, 9.17) is 0 Å². The van der Waals surface area contributed by atoms with Crippen molar-refractivity contribution in [3.05, 3.63) is 12.3 Å². The quantitative estimate of drug-likeness (QED) is 0.880. The molecule has 0 amide bonds. The number of carboxylic acids is 1. The molecule has 1 atom stereocenters.